The van der Waals surface area contributed by atoms with Crippen LogP contribution in [0.25, 0.3) is 0 Å². The van der Waals surface area contributed by atoms with Crippen molar-refractivity contribution in [1.29, 1.82) is 0 Å². The average molecular weight is 372 g/mol. The second-order valence-electron chi connectivity index (χ2n) is 8.02. The van der Waals surface area contributed by atoms with Crippen LogP contribution >= 0.6 is 0 Å². The van der Waals surface area contributed by atoms with Crippen molar-refractivity contribution in [2.75, 3.05) is 13.2 Å². The van der Waals surface area contributed by atoms with Crippen LogP contribution in [0.2, 0.25) is 0 Å². The first-order valence-electron chi connectivity index (χ1n) is 9.34. The normalized spacial score (nSPS) is 30.3. The number of fused-ring (bicyclic) bond motifs is 1. The molecule has 2 aliphatic heterocycles. The molecule has 4 unspecified atom stereocenters. The molecule has 0 amide bonds. The minimum atomic E-state index is -0.668. The van der Waals surface area contributed by atoms with E-state index in [0.29, 0.717) is 24.7 Å². The van der Waals surface area contributed by atoms with Crippen LogP contribution in [0.1, 0.15) is 40.5 Å². The number of ether oxygens (including phenoxy) is 4. The SMILES string of the molecule is CC(C)CC(N)C(=O)O[C@H]1COC2C1OC[C@H]2OC(=O)C(N)CC(C)C. The summed E-state index contributed by atoms with van der Waals surface area (Å²) in [6, 6.07) is -1.34. The van der Waals surface area contributed by atoms with Crippen molar-refractivity contribution in [2.45, 2.75) is 77.0 Å². The van der Waals surface area contributed by atoms with Gasteiger partial charge in [-0.1, -0.05) is 27.7 Å². The number of carbonyl (C=O) groups excluding carboxylic acids is 2. The minimum Gasteiger partial charge on any atom is -0.456 e. The molecule has 8 nitrogen and oxygen atoms in total. The van der Waals surface area contributed by atoms with Crippen molar-refractivity contribution < 1.29 is 28.5 Å². The quantitative estimate of drug-likeness (QED) is 0.585. The van der Waals surface area contributed by atoms with Gasteiger partial charge in [0.1, 0.15) is 24.3 Å². The number of nitrogens with two attached hydrogens (primary N) is 2. The zero-order chi connectivity index (χ0) is 19.4. The van der Waals surface area contributed by atoms with Gasteiger partial charge in [-0.05, 0) is 24.7 Å². The Morgan fingerprint density at radius 1 is 0.846 bits per heavy atom. The van der Waals surface area contributed by atoms with Gasteiger partial charge in [0.05, 0.1) is 13.2 Å². The fourth-order valence-electron chi connectivity index (χ4n) is 3.31. The summed E-state index contributed by atoms with van der Waals surface area (Å²) >= 11 is 0. The Kier molecular flexibility index (Phi) is 7.40. The maximum absolute atomic E-state index is 12.1. The van der Waals surface area contributed by atoms with Crippen molar-refractivity contribution in [3.63, 3.8) is 0 Å². The Labute approximate surface area is 154 Å². The van der Waals surface area contributed by atoms with E-state index in [-0.39, 0.29) is 13.2 Å². The maximum atomic E-state index is 12.1. The molecule has 2 rings (SSSR count). The molecular weight excluding hydrogens is 340 g/mol. The number of hydrogen-bond donors (Lipinski definition) is 2. The van der Waals surface area contributed by atoms with E-state index >= 15 is 0 Å². The molecule has 26 heavy (non-hydrogen) atoms. The van der Waals surface area contributed by atoms with Crippen molar-refractivity contribution in [2.24, 2.45) is 23.3 Å². The molecule has 150 valence electrons. The number of esters is 2. The zero-order valence-corrected chi connectivity index (χ0v) is 16.1. The topological polar surface area (TPSA) is 123 Å². The van der Waals surface area contributed by atoms with Gasteiger partial charge in [-0.3, -0.25) is 9.59 Å². The lowest BCUT2D eigenvalue weighted by Crippen LogP contribution is -2.42. The van der Waals surface area contributed by atoms with E-state index in [0.717, 1.165) is 0 Å². The fraction of sp³-hybridized carbons (Fsp3) is 0.889. The van der Waals surface area contributed by atoms with Crippen LogP contribution in [0.5, 0.6) is 0 Å². The van der Waals surface area contributed by atoms with Crippen LogP contribution in [0.3, 0.4) is 0 Å². The van der Waals surface area contributed by atoms with Crippen LogP contribution in [-0.4, -0.2) is 61.7 Å². The zero-order valence-electron chi connectivity index (χ0n) is 16.1. The van der Waals surface area contributed by atoms with Gasteiger partial charge in [0.25, 0.3) is 0 Å². The molecular formula is C18H32N2O6. The summed E-state index contributed by atoms with van der Waals surface area (Å²) in [4.78, 5) is 24.2. The van der Waals surface area contributed by atoms with E-state index in [1.54, 1.807) is 0 Å². The van der Waals surface area contributed by atoms with Crippen molar-refractivity contribution in [3.05, 3.63) is 0 Å². The summed E-state index contributed by atoms with van der Waals surface area (Å²) in [6.07, 6.45) is -0.892. The summed E-state index contributed by atoms with van der Waals surface area (Å²) in [6.45, 7) is 8.36. The summed E-state index contributed by atoms with van der Waals surface area (Å²) in [5.74, 6) is -0.328. The van der Waals surface area contributed by atoms with Gasteiger partial charge in [0.15, 0.2) is 12.2 Å². The highest BCUT2D eigenvalue weighted by atomic mass is 16.7. The van der Waals surface area contributed by atoms with Crippen LogP contribution in [-0.2, 0) is 28.5 Å². The lowest BCUT2D eigenvalue weighted by Gasteiger charge is -2.20. The molecule has 4 N–H and O–H groups in total. The first-order valence-corrected chi connectivity index (χ1v) is 9.34. The number of carbonyl (C=O) groups is 2. The van der Waals surface area contributed by atoms with Crippen LogP contribution < -0.4 is 11.5 Å². The van der Waals surface area contributed by atoms with E-state index in [2.05, 4.69) is 0 Å². The Morgan fingerprint density at radius 2 is 1.19 bits per heavy atom. The summed E-state index contributed by atoms with van der Waals surface area (Å²) in [5.41, 5.74) is 11.7. The van der Waals surface area contributed by atoms with E-state index in [1.165, 1.54) is 0 Å². The number of hydrogen-bond acceptors (Lipinski definition) is 8. The van der Waals surface area contributed by atoms with Gasteiger partial charge in [0, 0.05) is 0 Å². The first-order chi connectivity index (χ1) is 12.2. The van der Waals surface area contributed by atoms with Gasteiger partial charge in [-0.25, -0.2) is 0 Å². The van der Waals surface area contributed by atoms with E-state index in [1.807, 2.05) is 27.7 Å². The smallest absolute Gasteiger partial charge is 0.323 e. The highest BCUT2D eigenvalue weighted by Crippen LogP contribution is 2.31. The van der Waals surface area contributed by atoms with E-state index in [4.69, 9.17) is 30.4 Å². The van der Waals surface area contributed by atoms with Gasteiger partial charge in [-0.15, -0.1) is 0 Å². The van der Waals surface area contributed by atoms with Crippen molar-refractivity contribution in [3.8, 4) is 0 Å². The predicted molar refractivity (Wildman–Crippen MR) is 94.1 cm³/mol. The molecule has 2 fully saturated rings. The molecule has 0 radical (unpaired) electrons. The van der Waals surface area contributed by atoms with E-state index < -0.39 is 48.4 Å². The molecule has 0 aromatic heterocycles. The highest BCUT2D eigenvalue weighted by Gasteiger charge is 2.51. The molecule has 0 aromatic carbocycles. The lowest BCUT2D eigenvalue weighted by atomic mass is 10.0. The van der Waals surface area contributed by atoms with Gasteiger partial charge in [0.2, 0.25) is 0 Å². The molecule has 6 atom stereocenters. The number of rotatable bonds is 8. The summed E-state index contributed by atoms with van der Waals surface area (Å²) in [5, 5.41) is 0. The van der Waals surface area contributed by atoms with Crippen LogP contribution in [0.15, 0.2) is 0 Å². The second kappa shape index (κ2) is 9.12. The van der Waals surface area contributed by atoms with Gasteiger partial charge >= 0.3 is 11.9 Å². The van der Waals surface area contributed by atoms with Crippen molar-refractivity contribution >= 4 is 11.9 Å². The standard InChI is InChI=1S/C18H32N2O6/c1-9(2)5-11(19)17(21)25-13-7-23-16-14(8-24-15(13)16)26-18(22)12(20)6-10(3)4/h9-16H,5-8,19-20H2,1-4H3/t11?,12?,13-,14+,15?,16?. The summed E-state index contributed by atoms with van der Waals surface area (Å²) in [7, 11) is 0. The lowest BCUT2D eigenvalue weighted by molar-refractivity contribution is -0.157. The van der Waals surface area contributed by atoms with Gasteiger partial charge in [-0.2, -0.15) is 0 Å². The highest BCUT2D eigenvalue weighted by molar-refractivity contribution is 5.76. The third-order valence-electron chi connectivity index (χ3n) is 4.55. The van der Waals surface area contributed by atoms with E-state index in [9.17, 15) is 9.59 Å². The minimum absolute atomic E-state index is 0.196. The molecule has 0 saturated carbocycles. The van der Waals surface area contributed by atoms with Crippen molar-refractivity contribution in [1.82, 2.24) is 0 Å². The summed E-state index contributed by atoms with van der Waals surface area (Å²) < 4.78 is 22.3. The fourth-order valence-corrected chi connectivity index (χ4v) is 3.31. The third kappa shape index (κ3) is 5.39. The molecule has 0 aliphatic carbocycles. The molecule has 0 spiro atoms. The van der Waals surface area contributed by atoms with Gasteiger partial charge < -0.3 is 30.4 Å². The molecule has 2 saturated heterocycles. The molecule has 0 bridgehead atoms. The Balaban J connectivity index is 1.85. The second-order valence-corrected chi connectivity index (χ2v) is 8.02. The predicted octanol–water partition coefficient (Wildman–Crippen LogP) is 0.354. The van der Waals surface area contributed by atoms with Crippen LogP contribution in [0, 0.1) is 11.8 Å². The molecule has 2 aliphatic rings. The Morgan fingerprint density at radius 3 is 1.50 bits per heavy atom. The molecule has 2 heterocycles. The molecule has 8 heteroatoms. The monoisotopic (exact) mass is 372 g/mol. The maximum Gasteiger partial charge on any atom is 0.323 e. The van der Waals surface area contributed by atoms with Crippen LogP contribution in [0.4, 0.5) is 0 Å². The first kappa shape index (κ1) is 21.1. The largest absolute Gasteiger partial charge is 0.456 e. The third-order valence-corrected chi connectivity index (χ3v) is 4.55. The average Bonchev–Trinajstić information content (AvgIpc) is 3.09. The molecule has 0 aromatic rings. The Hall–Kier alpha value is -1.22. The Bertz CT molecular complexity index is 454.